The summed E-state index contributed by atoms with van der Waals surface area (Å²) in [5, 5.41) is 14.9. The van der Waals surface area contributed by atoms with E-state index in [1.807, 2.05) is 45.0 Å². The Kier molecular flexibility index (Phi) is 7.61. The minimum atomic E-state index is -0.348. The summed E-state index contributed by atoms with van der Waals surface area (Å²) in [6.07, 6.45) is 1.08. The minimum Gasteiger partial charge on any atom is -0.491 e. The highest BCUT2D eigenvalue weighted by atomic mass is 16.5. The van der Waals surface area contributed by atoms with Crippen molar-refractivity contribution < 1.29 is 14.6 Å². The molecule has 1 atom stereocenters. The molecule has 0 fully saturated rings. The molecule has 5 heteroatoms. The first-order valence-electron chi connectivity index (χ1n) is 7.46. The van der Waals surface area contributed by atoms with Gasteiger partial charge in [0.1, 0.15) is 5.75 Å². The fourth-order valence-electron chi connectivity index (χ4n) is 1.76. The molecular weight excluding hydrogens is 268 g/mol. The number of aliphatic hydroxyl groups is 1. The summed E-state index contributed by atoms with van der Waals surface area (Å²) in [6.45, 7) is 6.81. The Bertz CT molecular complexity index is 418. The third-order valence-electron chi connectivity index (χ3n) is 2.98. The topological polar surface area (TPSA) is 70.6 Å². The van der Waals surface area contributed by atoms with Gasteiger partial charge in [-0.15, -0.1) is 0 Å². The number of amides is 2. The van der Waals surface area contributed by atoms with Crippen LogP contribution in [-0.2, 0) is 6.54 Å². The molecule has 1 unspecified atom stereocenters. The Hall–Kier alpha value is -1.75. The fourth-order valence-corrected chi connectivity index (χ4v) is 1.76. The zero-order chi connectivity index (χ0) is 15.7. The highest BCUT2D eigenvalue weighted by Crippen LogP contribution is 2.13. The number of hydrogen-bond donors (Lipinski definition) is 3. The van der Waals surface area contributed by atoms with Gasteiger partial charge in [0.05, 0.1) is 12.2 Å². The first kappa shape index (κ1) is 17.3. The smallest absolute Gasteiger partial charge is 0.315 e. The number of carbonyl (C=O) groups is 1. The number of hydrogen-bond acceptors (Lipinski definition) is 3. The van der Waals surface area contributed by atoms with Crippen molar-refractivity contribution in [2.45, 2.75) is 52.4 Å². The summed E-state index contributed by atoms with van der Waals surface area (Å²) in [7, 11) is 0. The van der Waals surface area contributed by atoms with E-state index in [1.54, 1.807) is 0 Å². The van der Waals surface area contributed by atoms with E-state index in [0.717, 1.165) is 11.3 Å². The van der Waals surface area contributed by atoms with Gasteiger partial charge >= 0.3 is 6.03 Å². The van der Waals surface area contributed by atoms with E-state index in [0.29, 0.717) is 25.9 Å². The quantitative estimate of drug-likeness (QED) is 0.689. The number of urea groups is 1. The molecule has 0 aliphatic carbocycles. The lowest BCUT2D eigenvalue weighted by atomic mass is 10.2. The zero-order valence-corrected chi connectivity index (χ0v) is 13.1. The maximum Gasteiger partial charge on any atom is 0.315 e. The van der Waals surface area contributed by atoms with Crippen molar-refractivity contribution in [3.05, 3.63) is 29.8 Å². The maximum absolute atomic E-state index is 11.6. The highest BCUT2D eigenvalue weighted by molar-refractivity contribution is 5.73. The largest absolute Gasteiger partial charge is 0.491 e. The van der Waals surface area contributed by atoms with E-state index in [9.17, 15) is 9.90 Å². The van der Waals surface area contributed by atoms with Crippen molar-refractivity contribution in [1.82, 2.24) is 10.6 Å². The summed E-state index contributed by atoms with van der Waals surface area (Å²) in [4.78, 5) is 11.6. The van der Waals surface area contributed by atoms with Crippen LogP contribution >= 0.6 is 0 Å². The maximum atomic E-state index is 11.6. The standard InChI is InChI=1S/C16H26N2O3/c1-4-14(19)9-10-17-16(20)18-11-13-5-7-15(8-6-13)21-12(2)3/h5-8,12,14,19H,4,9-11H2,1-3H3,(H2,17,18,20). The van der Waals surface area contributed by atoms with E-state index in [2.05, 4.69) is 10.6 Å². The van der Waals surface area contributed by atoms with Gasteiger partial charge < -0.3 is 20.5 Å². The van der Waals surface area contributed by atoms with Crippen LogP contribution in [0.1, 0.15) is 39.2 Å². The van der Waals surface area contributed by atoms with Crippen LogP contribution in [0.4, 0.5) is 4.79 Å². The van der Waals surface area contributed by atoms with Crippen molar-refractivity contribution in [2.75, 3.05) is 6.54 Å². The molecule has 0 aliphatic heterocycles. The van der Waals surface area contributed by atoms with Crippen LogP contribution < -0.4 is 15.4 Å². The van der Waals surface area contributed by atoms with Crippen molar-refractivity contribution in [3.63, 3.8) is 0 Å². The number of rotatable bonds is 8. The average molecular weight is 294 g/mol. The van der Waals surface area contributed by atoms with Gasteiger partial charge in [0.15, 0.2) is 0 Å². The van der Waals surface area contributed by atoms with E-state index < -0.39 is 0 Å². The third kappa shape index (κ3) is 7.56. The first-order chi connectivity index (χ1) is 10.0. The van der Waals surface area contributed by atoms with Crippen molar-refractivity contribution in [2.24, 2.45) is 0 Å². The van der Waals surface area contributed by atoms with Crippen LogP contribution in [0.2, 0.25) is 0 Å². The van der Waals surface area contributed by atoms with Gasteiger partial charge in [0, 0.05) is 13.1 Å². The summed E-state index contributed by atoms with van der Waals surface area (Å²) in [5.41, 5.74) is 1.01. The summed E-state index contributed by atoms with van der Waals surface area (Å²) >= 11 is 0. The molecule has 1 rings (SSSR count). The lowest BCUT2D eigenvalue weighted by Crippen LogP contribution is -2.36. The molecule has 2 amide bonds. The summed E-state index contributed by atoms with van der Waals surface area (Å²) in [6, 6.07) is 7.43. The van der Waals surface area contributed by atoms with Crippen LogP contribution in [0, 0.1) is 0 Å². The van der Waals surface area contributed by atoms with E-state index >= 15 is 0 Å². The number of ether oxygens (including phenoxy) is 1. The molecule has 21 heavy (non-hydrogen) atoms. The Labute approximate surface area is 126 Å². The molecule has 0 bridgehead atoms. The van der Waals surface area contributed by atoms with Crippen LogP contribution in [0.5, 0.6) is 5.75 Å². The second-order valence-electron chi connectivity index (χ2n) is 5.27. The molecule has 0 spiro atoms. The predicted molar refractivity (Wildman–Crippen MR) is 83.4 cm³/mol. The SMILES string of the molecule is CCC(O)CCNC(=O)NCc1ccc(OC(C)C)cc1. The molecule has 0 saturated heterocycles. The fraction of sp³-hybridized carbons (Fsp3) is 0.562. The van der Waals surface area contributed by atoms with Gasteiger partial charge in [0.2, 0.25) is 0 Å². The molecule has 3 N–H and O–H groups in total. The zero-order valence-electron chi connectivity index (χ0n) is 13.1. The van der Waals surface area contributed by atoms with Gasteiger partial charge in [-0.05, 0) is 44.4 Å². The lowest BCUT2D eigenvalue weighted by Gasteiger charge is -2.11. The molecule has 5 nitrogen and oxygen atoms in total. The van der Waals surface area contributed by atoms with E-state index in [1.165, 1.54) is 0 Å². The van der Waals surface area contributed by atoms with Gasteiger partial charge in [-0.2, -0.15) is 0 Å². The average Bonchev–Trinajstić information content (AvgIpc) is 2.45. The minimum absolute atomic E-state index is 0.151. The Morgan fingerprint density at radius 3 is 2.48 bits per heavy atom. The molecule has 0 aliphatic rings. The van der Waals surface area contributed by atoms with Crippen molar-refractivity contribution in [1.29, 1.82) is 0 Å². The van der Waals surface area contributed by atoms with Crippen LogP contribution in [0.25, 0.3) is 0 Å². The highest BCUT2D eigenvalue weighted by Gasteiger charge is 2.04. The second kappa shape index (κ2) is 9.23. The number of benzene rings is 1. The molecule has 0 heterocycles. The molecule has 0 saturated carbocycles. The molecule has 1 aromatic carbocycles. The Balaban J connectivity index is 2.26. The molecule has 1 aromatic rings. The Morgan fingerprint density at radius 2 is 1.90 bits per heavy atom. The molecule has 0 radical (unpaired) electrons. The normalized spacial score (nSPS) is 12.0. The van der Waals surface area contributed by atoms with E-state index in [4.69, 9.17) is 4.74 Å². The van der Waals surface area contributed by atoms with Crippen LogP contribution in [0.3, 0.4) is 0 Å². The monoisotopic (exact) mass is 294 g/mol. The molecular formula is C16H26N2O3. The Morgan fingerprint density at radius 1 is 1.24 bits per heavy atom. The third-order valence-corrected chi connectivity index (χ3v) is 2.98. The van der Waals surface area contributed by atoms with Crippen LogP contribution in [0.15, 0.2) is 24.3 Å². The number of nitrogens with one attached hydrogen (secondary N) is 2. The van der Waals surface area contributed by atoms with Crippen molar-refractivity contribution in [3.8, 4) is 5.75 Å². The molecule has 0 aromatic heterocycles. The van der Waals surface area contributed by atoms with Gasteiger partial charge in [-0.25, -0.2) is 4.79 Å². The number of carbonyl (C=O) groups excluding carboxylic acids is 1. The molecule has 118 valence electrons. The van der Waals surface area contributed by atoms with Crippen molar-refractivity contribution >= 4 is 6.03 Å². The lowest BCUT2D eigenvalue weighted by molar-refractivity contribution is 0.160. The van der Waals surface area contributed by atoms with Gasteiger partial charge in [0.25, 0.3) is 0 Å². The second-order valence-corrected chi connectivity index (χ2v) is 5.27. The number of aliphatic hydroxyl groups excluding tert-OH is 1. The van der Waals surface area contributed by atoms with Gasteiger partial charge in [-0.1, -0.05) is 19.1 Å². The summed E-state index contributed by atoms with van der Waals surface area (Å²) < 4.78 is 5.56. The van der Waals surface area contributed by atoms with Crippen LogP contribution in [-0.4, -0.2) is 29.9 Å². The van der Waals surface area contributed by atoms with Gasteiger partial charge in [-0.3, -0.25) is 0 Å². The first-order valence-corrected chi connectivity index (χ1v) is 7.46. The predicted octanol–water partition coefficient (Wildman–Crippen LogP) is 2.43. The summed E-state index contributed by atoms with van der Waals surface area (Å²) in [5.74, 6) is 0.826. The van der Waals surface area contributed by atoms with E-state index in [-0.39, 0.29) is 18.2 Å².